The van der Waals surface area contributed by atoms with Gasteiger partial charge in [-0.2, -0.15) is 0 Å². The first-order chi connectivity index (χ1) is 4.66. The van der Waals surface area contributed by atoms with E-state index in [9.17, 15) is 9.59 Å². The zero-order valence-corrected chi connectivity index (χ0v) is 5.23. The zero-order valence-electron chi connectivity index (χ0n) is 6.23. The van der Waals surface area contributed by atoms with Gasteiger partial charge in [0.05, 0.1) is 6.67 Å². The third-order valence-electron chi connectivity index (χ3n) is 0.767. The molecule has 0 spiro atoms. The van der Waals surface area contributed by atoms with E-state index in [1.165, 1.54) is 0 Å². The lowest BCUT2D eigenvalue weighted by molar-refractivity contribution is -0.120. The minimum Gasteiger partial charge on any atom is -0.341 e. The fourth-order valence-corrected chi connectivity index (χ4v) is 0.304. The summed E-state index contributed by atoms with van der Waals surface area (Å²) in [5.41, 5.74) is 0. The Bertz CT molecular complexity index is 138. The number of amides is 2. The first-order valence-corrected chi connectivity index (χ1v) is 2.68. The van der Waals surface area contributed by atoms with E-state index in [2.05, 4.69) is 10.6 Å². The molecule has 2 amide bonds. The molecule has 0 aliphatic heterocycles. The summed E-state index contributed by atoms with van der Waals surface area (Å²) in [6.45, 7) is 1.74. The second kappa shape index (κ2) is 5.08. The van der Waals surface area contributed by atoms with Gasteiger partial charge in [0.25, 0.3) is 0 Å². The van der Waals surface area contributed by atoms with Gasteiger partial charge >= 0.3 is 0 Å². The number of hydrogen-bond acceptors (Lipinski definition) is 2. The Hall–Kier alpha value is -1.06. The van der Waals surface area contributed by atoms with Crippen LogP contribution in [0.3, 0.4) is 0 Å². The van der Waals surface area contributed by atoms with E-state index in [-0.39, 0.29) is 12.6 Å². The molecule has 0 aromatic carbocycles. The molecule has 0 fully saturated rings. The van der Waals surface area contributed by atoms with Crippen LogP contribution in [0.4, 0.5) is 0 Å². The minimum atomic E-state index is -0.892. The summed E-state index contributed by atoms with van der Waals surface area (Å²) >= 11 is 0. The Balaban J connectivity index is 3.20. The molecule has 0 rings (SSSR count). The Labute approximate surface area is 55.0 Å². The maximum atomic E-state index is 10.5. The maximum Gasteiger partial charge on any atom is 0.221 e. The fraction of sp³-hybridized carbons (Fsp3) is 0.600. The lowest BCUT2D eigenvalue weighted by atomic mass is 10.5. The molecule has 0 saturated heterocycles. The number of carbonyl (C=O) groups excluding carboxylic acids is 2. The Morgan fingerprint density at radius 3 is 3.00 bits per heavy atom. The van der Waals surface area contributed by atoms with Gasteiger partial charge in [0.1, 0.15) is 1.37 Å². The summed E-state index contributed by atoms with van der Waals surface area (Å²) in [6.07, 6.45) is -0.509. The third kappa shape index (κ3) is 4.80. The molecule has 0 radical (unpaired) electrons. The van der Waals surface area contributed by atoms with Crippen LogP contribution in [-0.2, 0) is 9.59 Å². The molecule has 0 aliphatic carbocycles. The number of nitrogens with one attached hydrogen (secondary N) is 2. The zero-order chi connectivity index (χ0) is 7.98. The van der Waals surface area contributed by atoms with Crippen LogP contribution < -0.4 is 10.6 Å². The SMILES string of the molecule is [3H]C(=O)NCNC(=O)CC. The maximum absolute atomic E-state index is 10.5. The van der Waals surface area contributed by atoms with Crippen LogP contribution >= 0.6 is 0 Å². The first kappa shape index (κ1) is 6.07. The molecule has 4 nitrogen and oxygen atoms in total. The number of hydrogen-bond donors (Lipinski definition) is 2. The Kier molecular flexibility index (Phi) is 3.43. The average molecular weight is 132 g/mol. The summed E-state index contributed by atoms with van der Waals surface area (Å²) in [6, 6.07) is 0. The normalized spacial score (nSPS) is 9.67. The molecule has 0 aliphatic rings. The van der Waals surface area contributed by atoms with Crippen molar-refractivity contribution in [2.45, 2.75) is 13.3 Å². The molecule has 0 aromatic rings. The van der Waals surface area contributed by atoms with Crippen molar-refractivity contribution in [1.82, 2.24) is 10.6 Å². The van der Waals surface area contributed by atoms with Crippen molar-refractivity contribution < 1.29 is 11.0 Å². The molecule has 0 unspecified atom stereocenters. The van der Waals surface area contributed by atoms with Gasteiger partial charge in [-0.3, -0.25) is 9.59 Å². The van der Waals surface area contributed by atoms with Gasteiger partial charge < -0.3 is 10.6 Å². The van der Waals surface area contributed by atoms with Gasteiger partial charge in [-0.05, 0) is 0 Å². The smallest absolute Gasteiger partial charge is 0.221 e. The van der Waals surface area contributed by atoms with Crippen LogP contribution in [0.25, 0.3) is 0 Å². The first-order valence-electron chi connectivity index (χ1n) is 3.18. The molecule has 0 saturated carbocycles. The standard InChI is InChI=1S/C5H10N2O2/c1-2-5(9)7-3-6-4-8/h4H,2-3H2,1H3,(H,6,8)(H,7,9)/i4T. The predicted octanol–water partition coefficient (Wildman–Crippen LogP) is -0.784. The number of carbonyl (C=O) groups is 2. The Morgan fingerprint density at radius 1 is 1.89 bits per heavy atom. The molecule has 0 atom stereocenters. The van der Waals surface area contributed by atoms with Crippen LogP contribution in [0, 0.1) is 0 Å². The van der Waals surface area contributed by atoms with Crippen LogP contribution in [-0.4, -0.2) is 19.0 Å². The summed E-state index contributed by atoms with van der Waals surface area (Å²) in [4.78, 5) is 20.4. The van der Waals surface area contributed by atoms with Crippen LogP contribution in [0.5, 0.6) is 0 Å². The van der Waals surface area contributed by atoms with Crippen molar-refractivity contribution in [3.05, 3.63) is 0 Å². The van der Waals surface area contributed by atoms with Crippen molar-refractivity contribution in [3.63, 3.8) is 0 Å². The van der Waals surface area contributed by atoms with E-state index < -0.39 is 6.39 Å². The van der Waals surface area contributed by atoms with Crippen molar-refractivity contribution in [1.29, 1.82) is 0 Å². The molecule has 0 aromatic heterocycles. The molecule has 0 heterocycles. The fourth-order valence-electron chi connectivity index (χ4n) is 0.304. The van der Waals surface area contributed by atoms with Crippen molar-refractivity contribution >= 4 is 12.3 Å². The van der Waals surface area contributed by atoms with Crippen molar-refractivity contribution in [2.75, 3.05) is 6.67 Å². The van der Waals surface area contributed by atoms with E-state index in [1.807, 2.05) is 0 Å². The molecule has 52 valence electrons. The highest BCUT2D eigenvalue weighted by atomic mass is 16.2. The van der Waals surface area contributed by atoms with Gasteiger partial charge in [0.15, 0.2) is 0 Å². The topological polar surface area (TPSA) is 58.2 Å². The monoisotopic (exact) mass is 132 g/mol. The van der Waals surface area contributed by atoms with Crippen LogP contribution in [0.1, 0.15) is 14.7 Å². The lowest BCUT2D eigenvalue weighted by Crippen LogP contribution is -2.32. The highest BCUT2D eigenvalue weighted by Crippen LogP contribution is 1.70. The van der Waals surface area contributed by atoms with Gasteiger partial charge in [0, 0.05) is 6.42 Å². The van der Waals surface area contributed by atoms with E-state index in [1.54, 1.807) is 6.92 Å². The summed E-state index contributed by atoms with van der Waals surface area (Å²) in [5.74, 6) is -0.145. The largest absolute Gasteiger partial charge is 0.341 e. The van der Waals surface area contributed by atoms with Gasteiger partial charge in [-0.1, -0.05) is 6.92 Å². The van der Waals surface area contributed by atoms with Crippen molar-refractivity contribution in [2.24, 2.45) is 0 Å². The van der Waals surface area contributed by atoms with Gasteiger partial charge in [-0.25, -0.2) is 0 Å². The lowest BCUT2D eigenvalue weighted by Gasteiger charge is -1.99. The quantitative estimate of drug-likeness (QED) is 0.391. The minimum absolute atomic E-state index is 0.0367. The predicted molar refractivity (Wildman–Crippen MR) is 32.5 cm³/mol. The number of rotatable bonds is 3. The highest BCUT2D eigenvalue weighted by molar-refractivity contribution is 5.75. The van der Waals surface area contributed by atoms with E-state index in [0.717, 1.165) is 0 Å². The van der Waals surface area contributed by atoms with E-state index in [4.69, 9.17) is 1.37 Å². The van der Waals surface area contributed by atoms with E-state index >= 15 is 0 Å². The van der Waals surface area contributed by atoms with Gasteiger partial charge in [0.2, 0.25) is 12.3 Å². The van der Waals surface area contributed by atoms with E-state index in [0.29, 0.717) is 6.42 Å². The van der Waals surface area contributed by atoms with Crippen LogP contribution in [0.2, 0.25) is 0 Å². The average Bonchev–Trinajstić information content (AvgIpc) is 1.87. The Morgan fingerprint density at radius 2 is 2.56 bits per heavy atom. The third-order valence-corrected chi connectivity index (χ3v) is 0.767. The summed E-state index contributed by atoms with van der Waals surface area (Å²) in [5, 5.41) is 4.48. The molecule has 9 heavy (non-hydrogen) atoms. The molecule has 4 heteroatoms. The second-order valence-electron chi connectivity index (χ2n) is 1.41. The molecule has 2 N–H and O–H groups in total. The summed E-state index contributed by atoms with van der Waals surface area (Å²) < 4.78 is 6.38. The van der Waals surface area contributed by atoms with Gasteiger partial charge in [-0.15, -0.1) is 0 Å². The highest BCUT2D eigenvalue weighted by Gasteiger charge is 1.91. The molecule has 0 bridgehead atoms. The molecular formula is C5H10N2O2. The van der Waals surface area contributed by atoms with Crippen molar-refractivity contribution in [3.8, 4) is 0 Å². The summed E-state index contributed by atoms with van der Waals surface area (Å²) in [7, 11) is 0. The second-order valence-corrected chi connectivity index (χ2v) is 1.41. The van der Waals surface area contributed by atoms with Crippen LogP contribution in [0.15, 0.2) is 0 Å². The molecular weight excluding hydrogens is 120 g/mol.